The topological polar surface area (TPSA) is 90.7 Å². The summed E-state index contributed by atoms with van der Waals surface area (Å²) in [6.45, 7) is 5.42. The van der Waals surface area contributed by atoms with Crippen LogP contribution in [0.1, 0.15) is 35.5 Å². The van der Waals surface area contributed by atoms with E-state index in [1.807, 2.05) is 32.0 Å². The van der Waals surface area contributed by atoms with Crippen molar-refractivity contribution >= 4 is 15.7 Å². The van der Waals surface area contributed by atoms with Crippen molar-refractivity contribution in [3.8, 4) is 5.75 Å². The Morgan fingerprint density at radius 1 is 1.06 bits per heavy atom. The molecule has 0 bridgehead atoms. The number of carbonyl (C=O) groups is 1. The van der Waals surface area contributed by atoms with Crippen LogP contribution in [0.2, 0.25) is 0 Å². The fraction of sp³-hybridized carbons (Fsp3) is 0.385. The van der Waals surface area contributed by atoms with E-state index in [0.29, 0.717) is 42.3 Å². The first-order chi connectivity index (χ1) is 16.7. The lowest BCUT2D eigenvalue weighted by atomic mass is 10.1. The molecule has 0 N–H and O–H groups in total. The Morgan fingerprint density at radius 2 is 1.74 bits per heavy atom. The van der Waals surface area contributed by atoms with E-state index in [1.165, 1.54) is 0 Å². The molecule has 0 saturated heterocycles. The van der Waals surface area contributed by atoms with Gasteiger partial charge in [0.05, 0.1) is 37.9 Å². The summed E-state index contributed by atoms with van der Waals surface area (Å²) in [6, 6.07) is 16.0. The van der Waals surface area contributed by atoms with Crippen molar-refractivity contribution in [3.63, 3.8) is 0 Å². The molecule has 0 aliphatic carbocycles. The number of amides is 1. The lowest BCUT2D eigenvalue weighted by Gasteiger charge is -2.25. The van der Waals surface area contributed by atoms with Crippen molar-refractivity contribution in [3.05, 3.63) is 77.6 Å². The summed E-state index contributed by atoms with van der Waals surface area (Å²) in [6.07, 6.45) is 1.54. The number of hydrogen-bond acceptors (Lipinski definition) is 6. The molecular weight excluding hydrogens is 466 g/mol. The van der Waals surface area contributed by atoms with Crippen LogP contribution in [-0.4, -0.2) is 56.1 Å². The van der Waals surface area contributed by atoms with Crippen molar-refractivity contribution in [2.75, 3.05) is 27.4 Å². The standard InChI is InChI=1S/C26H33N3O5S/c1-20(2)17-28(25(30)22-10-12-24(34-4)13-11-22)18-23-16-27-26(29(23)14-15-33-3)35(31,32)19-21-8-6-5-7-9-21/h5-13,16,20H,14-15,17-19H2,1-4H3. The van der Waals surface area contributed by atoms with Gasteiger partial charge in [0.15, 0.2) is 0 Å². The average Bonchev–Trinajstić information content (AvgIpc) is 3.25. The number of rotatable bonds is 12. The molecule has 0 radical (unpaired) electrons. The van der Waals surface area contributed by atoms with Crippen molar-refractivity contribution in [1.29, 1.82) is 0 Å². The third kappa shape index (κ3) is 6.93. The van der Waals surface area contributed by atoms with Gasteiger partial charge in [-0.2, -0.15) is 0 Å². The third-order valence-electron chi connectivity index (χ3n) is 5.46. The highest BCUT2D eigenvalue weighted by atomic mass is 32.2. The highest BCUT2D eigenvalue weighted by Crippen LogP contribution is 2.21. The zero-order chi connectivity index (χ0) is 25.4. The van der Waals surface area contributed by atoms with E-state index in [4.69, 9.17) is 9.47 Å². The molecule has 3 rings (SSSR count). The first-order valence-electron chi connectivity index (χ1n) is 11.5. The maximum atomic E-state index is 13.4. The fourth-order valence-electron chi connectivity index (χ4n) is 3.82. The van der Waals surface area contributed by atoms with E-state index in [2.05, 4.69) is 4.98 Å². The van der Waals surface area contributed by atoms with Crippen LogP contribution in [0, 0.1) is 5.92 Å². The van der Waals surface area contributed by atoms with Gasteiger partial charge in [-0.1, -0.05) is 44.2 Å². The maximum absolute atomic E-state index is 13.4. The van der Waals surface area contributed by atoms with E-state index < -0.39 is 9.84 Å². The van der Waals surface area contributed by atoms with Crippen LogP contribution < -0.4 is 4.74 Å². The largest absolute Gasteiger partial charge is 0.497 e. The van der Waals surface area contributed by atoms with Crippen LogP contribution in [0.3, 0.4) is 0 Å². The van der Waals surface area contributed by atoms with Gasteiger partial charge in [-0.05, 0) is 35.7 Å². The number of ether oxygens (including phenoxy) is 2. The molecule has 0 atom stereocenters. The molecule has 0 spiro atoms. The summed E-state index contributed by atoms with van der Waals surface area (Å²) in [4.78, 5) is 19.4. The Kier molecular flexibility index (Phi) is 9.06. The van der Waals surface area contributed by atoms with Crippen LogP contribution >= 0.6 is 0 Å². The summed E-state index contributed by atoms with van der Waals surface area (Å²) in [5.74, 6) is 0.587. The molecule has 8 nitrogen and oxygen atoms in total. The summed E-state index contributed by atoms with van der Waals surface area (Å²) in [7, 11) is -0.575. The molecule has 0 aliphatic rings. The summed E-state index contributed by atoms with van der Waals surface area (Å²) in [5, 5.41) is -0.0187. The first kappa shape index (κ1) is 26.4. The van der Waals surface area contributed by atoms with Crippen molar-refractivity contribution in [2.45, 2.75) is 37.8 Å². The minimum atomic E-state index is -3.71. The predicted octanol–water partition coefficient (Wildman–Crippen LogP) is 3.81. The molecule has 0 fully saturated rings. The normalized spacial score (nSPS) is 11.6. The number of hydrogen-bond donors (Lipinski definition) is 0. The number of aromatic nitrogens is 2. The van der Waals surface area contributed by atoms with Crippen LogP contribution in [0.4, 0.5) is 0 Å². The molecule has 9 heteroatoms. The highest BCUT2D eigenvalue weighted by molar-refractivity contribution is 7.90. The fourth-order valence-corrected chi connectivity index (χ4v) is 5.34. The third-order valence-corrected chi connectivity index (χ3v) is 7.06. The molecule has 188 valence electrons. The Bertz CT molecular complexity index is 1210. The molecule has 2 aromatic carbocycles. The summed E-state index contributed by atoms with van der Waals surface area (Å²) < 4.78 is 38.6. The molecule has 0 unspecified atom stereocenters. The predicted molar refractivity (Wildman–Crippen MR) is 134 cm³/mol. The molecule has 0 saturated carbocycles. The SMILES string of the molecule is COCCn1c(CN(CC(C)C)C(=O)c2ccc(OC)cc2)cnc1S(=O)(=O)Cc1ccccc1. The Labute approximate surface area is 207 Å². The molecule has 1 aromatic heterocycles. The number of imidazole rings is 1. The number of benzene rings is 2. The number of carbonyl (C=O) groups excluding carboxylic acids is 1. The second-order valence-electron chi connectivity index (χ2n) is 8.73. The molecule has 1 amide bonds. The number of methoxy groups -OCH3 is 2. The van der Waals surface area contributed by atoms with Crippen molar-refractivity contribution < 1.29 is 22.7 Å². The highest BCUT2D eigenvalue weighted by Gasteiger charge is 2.26. The van der Waals surface area contributed by atoms with E-state index in [9.17, 15) is 13.2 Å². The molecule has 1 heterocycles. The molecular formula is C26H33N3O5S. The van der Waals surface area contributed by atoms with Crippen LogP contribution in [0.15, 0.2) is 66.0 Å². The van der Waals surface area contributed by atoms with Crippen LogP contribution in [-0.2, 0) is 33.4 Å². The van der Waals surface area contributed by atoms with Gasteiger partial charge in [0.1, 0.15) is 5.75 Å². The zero-order valence-corrected chi connectivity index (χ0v) is 21.5. The monoisotopic (exact) mass is 499 g/mol. The minimum absolute atomic E-state index is 0.0187. The van der Waals surface area contributed by atoms with Gasteiger partial charge in [-0.25, -0.2) is 13.4 Å². The zero-order valence-electron chi connectivity index (χ0n) is 20.7. The Morgan fingerprint density at radius 3 is 2.34 bits per heavy atom. The first-order valence-corrected chi connectivity index (χ1v) is 13.1. The van der Waals surface area contributed by atoms with Gasteiger partial charge >= 0.3 is 0 Å². The second kappa shape index (κ2) is 12.0. The van der Waals surface area contributed by atoms with Crippen LogP contribution in [0.25, 0.3) is 0 Å². The molecule has 0 aliphatic heterocycles. The quantitative estimate of drug-likeness (QED) is 0.376. The number of nitrogens with zero attached hydrogens (tertiary/aromatic N) is 3. The van der Waals surface area contributed by atoms with Gasteiger partial charge < -0.3 is 18.9 Å². The average molecular weight is 500 g/mol. The van der Waals surface area contributed by atoms with E-state index in [1.54, 1.807) is 66.3 Å². The lowest BCUT2D eigenvalue weighted by molar-refractivity contribution is 0.0717. The van der Waals surface area contributed by atoms with Gasteiger partial charge in [0, 0.05) is 25.8 Å². The van der Waals surface area contributed by atoms with Crippen molar-refractivity contribution in [2.24, 2.45) is 5.92 Å². The molecule has 3 aromatic rings. The van der Waals surface area contributed by atoms with Crippen LogP contribution in [0.5, 0.6) is 5.75 Å². The molecule has 35 heavy (non-hydrogen) atoms. The summed E-state index contributed by atoms with van der Waals surface area (Å²) in [5.41, 5.74) is 1.86. The lowest BCUT2D eigenvalue weighted by Crippen LogP contribution is -2.34. The second-order valence-corrected chi connectivity index (χ2v) is 10.6. The van der Waals surface area contributed by atoms with Gasteiger partial charge in [0.25, 0.3) is 5.91 Å². The Balaban J connectivity index is 1.93. The van der Waals surface area contributed by atoms with Gasteiger partial charge in [-0.15, -0.1) is 0 Å². The summed E-state index contributed by atoms with van der Waals surface area (Å²) >= 11 is 0. The number of sulfone groups is 1. The van der Waals surface area contributed by atoms with Gasteiger partial charge in [0.2, 0.25) is 15.0 Å². The van der Waals surface area contributed by atoms with E-state index in [-0.39, 0.29) is 29.3 Å². The maximum Gasteiger partial charge on any atom is 0.254 e. The van der Waals surface area contributed by atoms with E-state index in [0.717, 1.165) is 0 Å². The van der Waals surface area contributed by atoms with E-state index >= 15 is 0 Å². The Hall–Kier alpha value is -3.17. The minimum Gasteiger partial charge on any atom is -0.497 e. The van der Waals surface area contributed by atoms with Crippen molar-refractivity contribution in [1.82, 2.24) is 14.5 Å². The van der Waals surface area contributed by atoms with Gasteiger partial charge in [-0.3, -0.25) is 4.79 Å². The smallest absolute Gasteiger partial charge is 0.254 e.